The SMILES string of the molecule is CCCc1cc(C)c(=O)[nH]n1. The van der Waals surface area contributed by atoms with Crippen LogP contribution in [0.5, 0.6) is 0 Å². The van der Waals surface area contributed by atoms with Crippen LogP contribution in [0.15, 0.2) is 10.9 Å². The molecule has 0 fully saturated rings. The van der Waals surface area contributed by atoms with E-state index in [4.69, 9.17) is 0 Å². The Kier molecular flexibility index (Phi) is 2.41. The number of aromatic nitrogens is 2. The van der Waals surface area contributed by atoms with E-state index in [0.29, 0.717) is 0 Å². The molecule has 1 N–H and O–H groups in total. The maximum atomic E-state index is 10.9. The molecule has 0 aliphatic heterocycles. The third-order valence-electron chi connectivity index (χ3n) is 1.55. The van der Waals surface area contributed by atoms with Crippen molar-refractivity contribution < 1.29 is 0 Å². The second kappa shape index (κ2) is 3.32. The van der Waals surface area contributed by atoms with Gasteiger partial charge in [0.25, 0.3) is 5.56 Å². The molecule has 1 aromatic rings. The van der Waals surface area contributed by atoms with E-state index < -0.39 is 0 Å². The van der Waals surface area contributed by atoms with Crippen molar-refractivity contribution in [2.75, 3.05) is 0 Å². The molecule has 0 bridgehead atoms. The van der Waals surface area contributed by atoms with Gasteiger partial charge in [0.1, 0.15) is 0 Å². The van der Waals surface area contributed by atoms with Gasteiger partial charge in [-0.15, -0.1) is 0 Å². The van der Waals surface area contributed by atoms with Gasteiger partial charge >= 0.3 is 0 Å². The largest absolute Gasteiger partial charge is 0.268 e. The van der Waals surface area contributed by atoms with Crippen LogP contribution in [0, 0.1) is 6.92 Å². The fourth-order valence-corrected chi connectivity index (χ4v) is 0.943. The van der Waals surface area contributed by atoms with Crippen LogP contribution in [0.25, 0.3) is 0 Å². The number of hydrogen-bond acceptors (Lipinski definition) is 2. The highest BCUT2D eigenvalue weighted by Crippen LogP contribution is 1.96. The normalized spacial score (nSPS) is 10.0. The lowest BCUT2D eigenvalue weighted by Crippen LogP contribution is -2.12. The lowest BCUT2D eigenvalue weighted by molar-refractivity contribution is 0.821. The van der Waals surface area contributed by atoms with Crippen molar-refractivity contribution in [3.63, 3.8) is 0 Å². The predicted octanol–water partition coefficient (Wildman–Crippen LogP) is 1.03. The van der Waals surface area contributed by atoms with Gasteiger partial charge in [0.15, 0.2) is 0 Å². The molecule has 0 unspecified atom stereocenters. The molecular formula is C8H12N2O. The highest BCUT2D eigenvalue weighted by molar-refractivity contribution is 5.10. The van der Waals surface area contributed by atoms with Crippen LogP contribution in [0.4, 0.5) is 0 Å². The summed E-state index contributed by atoms with van der Waals surface area (Å²) < 4.78 is 0. The van der Waals surface area contributed by atoms with Gasteiger partial charge in [-0.2, -0.15) is 5.10 Å². The van der Waals surface area contributed by atoms with Crippen LogP contribution in [-0.4, -0.2) is 10.2 Å². The number of aromatic amines is 1. The molecule has 0 aromatic carbocycles. The Morgan fingerprint density at radius 3 is 2.91 bits per heavy atom. The minimum Gasteiger partial charge on any atom is -0.268 e. The molecule has 1 rings (SSSR count). The van der Waals surface area contributed by atoms with Gasteiger partial charge < -0.3 is 0 Å². The monoisotopic (exact) mass is 152 g/mol. The average Bonchev–Trinajstić information content (AvgIpc) is 1.98. The van der Waals surface area contributed by atoms with Crippen molar-refractivity contribution in [3.05, 3.63) is 27.7 Å². The van der Waals surface area contributed by atoms with E-state index in [-0.39, 0.29) is 5.56 Å². The quantitative estimate of drug-likeness (QED) is 0.688. The first-order chi connectivity index (χ1) is 5.24. The van der Waals surface area contributed by atoms with Gasteiger partial charge in [-0.1, -0.05) is 13.3 Å². The van der Waals surface area contributed by atoms with Crippen LogP contribution < -0.4 is 5.56 Å². The van der Waals surface area contributed by atoms with Crippen LogP contribution in [0.2, 0.25) is 0 Å². The molecule has 11 heavy (non-hydrogen) atoms. The Labute approximate surface area is 65.5 Å². The van der Waals surface area contributed by atoms with E-state index in [9.17, 15) is 4.79 Å². The van der Waals surface area contributed by atoms with Crippen LogP contribution >= 0.6 is 0 Å². The molecule has 60 valence electrons. The Balaban J connectivity index is 2.96. The second-order valence-corrected chi connectivity index (χ2v) is 2.62. The highest BCUT2D eigenvalue weighted by atomic mass is 16.1. The van der Waals surface area contributed by atoms with E-state index in [1.165, 1.54) is 0 Å². The Bertz CT molecular complexity index is 290. The summed E-state index contributed by atoms with van der Waals surface area (Å²) in [6, 6.07) is 1.84. The van der Waals surface area contributed by atoms with Gasteiger partial charge in [0.05, 0.1) is 5.69 Å². The molecule has 0 aliphatic rings. The second-order valence-electron chi connectivity index (χ2n) is 2.62. The van der Waals surface area contributed by atoms with Crippen molar-refractivity contribution in [2.24, 2.45) is 0 Å². The number of hydrogen-bond donors (Lipinski definition) is 1. The minimum atomic E-state index is -0.0927. The molecule has 1 aromatic heterocycles. The molecule has 0 amide bonds. The molecule has 0 radical (unpaired) electrons. The van der Waals surface area contributed by atoms with Gasteiger partial charge in [-0.25, -0.2) is 5.10 Å². The first kappa shape index (κ1) is 7.98. The molecule has 0 aliphatic carbocycles. The Morgan fingerprint density at radius 2 is 2.36 bits per heavy atom. The minimum absolute atomic E-state index is 0.0927. The predicted molar refractivity (Wildman–Crippen MR) is 43.6 cm³/mol. The number of nitrogens with one attached hydrogen (secondary N) is 1. The molecule has 3 heteroatoms. The lowest BCUT2D eigenvalue weighted by atomic mass is 10.2. The zero-order chi connectivity index (χ0) is 8.27. The lowest BCUT2D eigenvalue weighted by Gasteiger charge is -1.96. The number of rotatable bonds is 2. The van der Waals surface area contributed by atoms with E-state index >= 15 is 0 Å². The summed E-state index contributed by atoms with van der Waals surface area (Å²) in [5.74, 6) is 0. The standard InChI is InChI=1S/C8H12N2O/c1-3-4-7-5-6(2)8(11)10-9-7/h5H,3-4H2,1-2H3,(H,10,11). The summed E-state index contributed by atoms with van der Waals surface area (Å²) in [6.45, 7) is 3.88. The maximum Gasteiger partial charge on any atom is 0.267 e. The molecule has 0 saturated carbocycles. The highest BCUT2D eigenvalue weighted by Gasteiger charge is 1.96. The zero-order valence-electron chi connectivity index (χ0n) is 6.85. The first-order valence-electron chi connectivity index (χ1n) is 3.79. The Morgan fingerprint density at radius 1 is 1.64 bits per heavy atom. The van der Waals surface area contributed by atoms with E-state index in [2.05, 4.69) is 17.1 Å². The number of aryl methyl sites for hydroxylation is 2. The summed E-state index contributed by atoms with van der Waals surface area (Å²) in [7, 11) is 0. The summed E-state index contributed by atoms with van der Waals surface area (Å²) in [6.07, 6.45) is 1.98. The summed E-state index contributed by atoms with van der Waals surface area (Å²) >= 11 is 0. The third kappa shape index (κ3) is 1.90. The molecule has 0 saturated heterocycles. The van der Waals surface area contributed by atoms with Gasteiger partial charge in [0.2, 0.25) is 0 Å². The van der Waals surface area contributed by atoms with Gasteiger partial charge in [-0.05, 0) is 19.4 Å². The fourth-order valence-electron chi connectivity index (χ4n) is 0.943. The summed E-state index contributed by atoms with van der Waals surface area (Å²) in [4.78, 5) is 10.9. The van der Waals surface area contributed by atoms with Crippen molar-refractivity contribution >= 4 is 0 Å². The number of H-pyrrole nitrogens is 1. The average molecular weight is 152 g/mol. The van der Waals surface area contributed by atoms with Crippen LogP contribution in [-0.2, 0) is 6.42 Å². The van der Waals surface area contributed by atoms with Gasteiger partial charge in [0, 0.05) is 5.56 Å². The van der Waals surface area contributed by atoms with Crippen LogP contribution in [0.1, 0.15) is 24.6 Å². The molecular weight excluding hydrogens is 140 g/mol. The van der Waals surface area contributed by atoms with Crippen molar-refractivity contribution in [3.8, 4) is 0 Å². The third-order valence-corrected chi connectivity index (χ3v) is 1.55. The zero-order valence-corrected chi connectivity index (χ0v) is 6.85. The smallest absolute Gasteiger partial charge is 0.267 e. The molecule has 0 spiro atoms. The van der Waals surface area contributed by atoms with E-state index in [0.717, 1.165) is 24.1 Å². The molecule has 0 atom stereocenters. The van der Waals surface area contributed by atoms with E-state index in [1.54, 1.807) is 6.92 Å². The maximum absolute atomic E-state index is 10.9. The topological polar surface area (TPSA) is 45.8 Å². The molecule has 1 heterocycles. The van der Waals surface area contributed by atoms with Crippen molar-refractivity contribution in [2.45, 2.75) is 26.7 Å². The van der Waals surface area contributed by atoms with Crippen molar-refractivity contribution in [1.29, 1.82) is 0 Å². The van der Waals surface area contributed by atoms with Crippen molar-refractivity contribution in [1.82, 2.24) is 10.2 Å². The first-order valence-corrected chi connectivity index (χ1v) is 3.79. The van der Waals surface area contributed by atoms with Crippen LogP contribution in [0.3, 0.4) is 0 Å². The summed E-state index contributed by atoms with van der Waals surface area (Å²) in [5, 5.41) is 6.34. The Hall–Kier alpha value is -1.12. The molecule has 3 nitrogen and oxygen atoms in total. The fraction of sp³-hybridized carbons (Fsp3) is 0.500. The van der Waals surface area contributed by atoms with Gasteiger partial charge in [-0.3, -0.25) is 4.79 Å². The summed E-state index contributed by atoms with van der Waals surface area (Å²) in [5.41, 5.74) is 1.61. The van der Waals surface area contributed by atoms with E-state index in [1.807, 2.05) is 6.07 Å². The number of nitrogens with zero attached hydrogens (tertiary/aromatic N) is 1.